The lowest BCUT2D eigenvalue weighted by Gasteiger charge is -1.91. The van der Waals surface area contributed by atoms with Gasteiger partial charge in [0.15, 0.2) is 0 Å². The molecule has 0 amide bonds. The maximum absolute atomic E-state index is 8.62. The van der Waals surface area contributed by atoms with Crippen molar-refractivity contribution in [2.45, 2.75) is 38.6 Å². The molecule has 0 bridgehead atoms. The summed E-state index contributed by atoms with van der Waals surface area (Å²) in [5.74, 6) is 0. The molecule has 0 saturated carbocycles. The molecule has 1 aliphatic rings. The third-order valence-corrected chi connectivity index (χ3v) is 1.85. The van der Waals surface area contributed by atoms with Crippen LogP contribution in [-0.2, 0) is 0 Å². The van der Waals surface area contributed by atoms with Gasteiger partial charge in [0.2, 0.25) is 0 Å². The van der Waals surface area contributed by atoms with Crippen LogP contribution >= 0.6 is 0 Å². The largest absolute Gasteiger partial charge is 0.394 e. The maximum atomic E-state index is 8.62. The highest BCUT2D eigenvalue weighted by molar-refractivity contribution is 6.00. The van der Waals surface area contributed by atoms with E-state index in [2.05, 4.69) is 11.9 Å². The van der Waals surface area contributed by atoms with Gasteiger partial charge in [0, 0.05) is 5.71 Å². The molecule has 1 aliphatic heterocycles. The molecule has 0 saturated heterocycles. The molecule has 0 aromatic rings. The Balaban J connectivity index is 1.91. The summed E-state index contributed by atoms with van der Waals surface area (Å²) in [7, 11) is 0. The average molecular weight is 141 g/mol. The van der Waals surface area contributed by atoms with E-state index >= 15 is 0 Å². The van der Waals surface area contributed by atoms with Crippen LogP contribution in [0.4, 0.5) is 0 Å². The van der Waals surface area contributed by atoms with E-state index in [1.807, 2.05) is 0 Å². The van der Waals surface area contributed by atoms with Crippen LogP contribution in [0.15, 0.2) is 4.99 Å². The van der Waals surface area contributed by atoms with Crippen molar-refractivity contribution in [2.24, 2.45) is 4.99 Å². The maximum Gasteiger partial charge on any atom is 0.111 e. The Bertz CT molecular complexity index is 131. The Kier molecular flexibility index (Phi) is 2.87. The third kappa shape index (κ3) is 2.10. The molecular weight excluding hydrogens is 126 g/mol. The number of aliphatic imine (C=N–C) groups is 1. The number of aliphatic hydroxyl groups is 1. The molecule has 0 spiro atoms. The van der Waals surface area contributed by atoms with Gasteiger partial charge in [-0.15, -0.1) is 0 Å². The topological polar surface area (TPSA) is 32.6 Å². The lowest BCUT2D eigenvalue weighted by Crippen LogP contribution is -2.01. The highest BCUT2D eigenvalue weighted by atomic mass is 16.3. The lowest BCUT2D eigenvalue weighted by atomic mass is 10.1. The van der Waals surface area contributed by atoms with Crippen LogP contribution in [0.5, 0.6) is 0 Å². The van der Waals surface area contributed by atoms with Crippen molar-refractivity contribution in [1.29, 1.82) is 0 Å². The lowest BCUT2D eigenvalue weighted by molar-refractivity contribution is 0.301. The van der Waals surface area contributed by atoms with E-state index in [1.54, 1.807) is 0 Å². The molecule has 1 N–H and O–H groups in total. The van der Waals surface area contributed by atoms with Crippen molar-refractivity contribution >= 4 is 5.71 Å². The smallest absolute Gasteiger partial charge is 0.111 e. The summed E-state index contributed by atoms with van der Waals surface area (Å²) in [6.45, 7) is 2.42. The summed E-state index contributed by atoms with van der Waals surface area (Å²) < 4.78 is 0. The van der Waals surface area contributed by atoms with E-state index in [1.165, 1.54) is 25.0 Å². The van der Waals surface area contributed by atoms with Gasteiger partial charge in [0.25, 0.3) is 0 Å². The van der Waals surface area contributed by atoms with E-state index in [9.17, 15) is 0 Å². The van der Waals surface area contributed by atoms with Gasteiger partial charge >= 0.3 is 0 Å². The summed E-state index contributed by atoms with van der Waals surface area (Å²) >= 11 is 0. The number of nitrogens with zero attached hydrogens (tertiary/aromatic N) is 1. The molecule has 10 heavy (non-hydrogen) atoms. The molecule has 0 radical (unpaired) electrons. The van der Waals surface area contributed by atoms with Crippen LogP contribution in [0.25, 0.3) is 0 Å². The first-order valence-electron chi connectivity index (χ1n) is 4.06. The zero-order chi connectivity index (χ0) is 7.40. The minimum atomic E-state index is 0.219. The molecule has 1 rings (SSSR count). The van der Waals surface area contributed by atoms with Gasteiger partial charge in [-0.1, -0.05) is 19.8 Å². The number of unbranched alkanes of at least 4 members (excludes halogenated alkanes) is 2. The summed E-state index contributed by atoms with van der Waals surface area (Å²) in [6.07, 6.45) is 4.90. The van der Waals surface area contributed by atoms with Gasteiger partial charge in [-0.05, 0) is 12.8 Å². The van der Waals surface area contributed by atoms with Crippen LogP contribution in [0.1, 0.15) is 32.6 Å². The predicted octanol–water partition coefficient (Wildman–Crippen LogP) is 1.38. The van der Waals surface area contributed by atoms with Crippen LogP contribution in [-0.4, -0.2) is 23.5 Å². The van der Waals surface area contributed by atoms with Gasteiger partial charge in [-0.25, -0.2) is 0 Å². The summed E-state index contributed by atoms with van der Waals surface area (Å²) in [5.41, 5.74) is 1.23. The molecule has 2 heteroatoms. The van der Waals surface area contributed by atoms with Gasteiger partial charge in [0.1, 0.15) is 6.04 Å². The van der Waals surface area contributed by atoms with Gasteiger partial charge in [0.05, 0.1) is 6.61 Å². The fraction of sp³-hybridized carbons (Fsp3) is 0.875. The first kappa shape index (κ1) is 7.73. The first-order valence-corrected chi connectivity index (χ1v) is 4.06. The zero-order valence-electron chi connectivity index (χ0n) is 6.51. The van der Waals surface area contributed by atoms with Crippen molar-refractivity contribution < 1.29 is 5.11 Å². The third-order valence-electron chi connectivity index (χ3n) is 1.85. The van der Waals surface area contributed by atoms with E-state index in [0.717, 1.165) is 6.42 Å². The second-order valence-corrected chi connectivity index (χ2v) is 2.78. The Labute approximate surface area is 62.0 Å². The fourth-order valence-corrected chi connectivity index (χ4v) is 1.10. The van der Waals surface area contributed by atoms with E-state index in [-0.39, 0.29) is 12.6 Å². The van der Waals surface area contributed by atoms with Crippen molar-refractivity contribution in [1.82, 2.24) is 0 Å². The molecule has 0 fully saturated rings. The predicted molar refractivity (Wildman–Crippen MR) is 42.5 cm³/mol. The number of hydrogen-bond acceptors (Lipinski definition) is 2. The Morgan fingerprint density at radius 3 is 2.80 bits per heavy atom. The van der Waals surface area contributed by atoms with Crippen LogP contribution in [0, 0.1) is 0 Å². The minimum absolute atomic E-state index is 0.219. The molecule has 1 unspecified atom stereocenters. The monoisotopic (exact) mass is 141 g/mol. The van der Waals surface area contributed by atoms with E-state index in [0.29, 0.717) is 0 Å². The Morgan fingerprint density at radius 2 is 2.30 bits per heavy atom. The van der Waals surface area contributed by atoms with Crippen molar-refractivity contribution in [3.8, 4) is 0 Å². The second-order valence-electron chi connectivity index (χ2n) is 2.78. The van der Waals surface area contributed by atoms with E-state index in [4.69, 9.17) is 5.11 Å². The Morgan fingerprint density at radius 1 is 1.50 bits per heavy atom. The van der Waals surface area contributed by atoms with Crippen LogP contribution < -0.4 is 0 Å². The van der Waals surface area contributed by atoms with Gasteiger partial charge in [-0.3, -0.25) is 4.99 Å². The summed E-state index contributed by atoms with van der Waals surface area (Å²) in [6, 6.07) is 0.219. The second kappa shape index (κ2) is 3.71. The van der Waals surface area contributed by atoms with Crippen molar-refractivity contribution in [2.75, 3.05) is 6.61 Å². The highest BCUT2D eigenvalue weighted by Gasteiger charge is 2.24. The SMILES string of the molecule is CCCCCC1=NC1CO. The Hall–Kier alpha value is -0.370. The molecule has 58 valence electrons. The molecule has 1 heterocycles. The number of hydrogen-bond donors (Lipinski definition) is 1. The average Bonchev–Trinajstić information content (AvgIpc) is 2.68. The highest BCUT2D eigenvalue weighted by Crippen LogP contribution is 2.16. The first-order chi connectivity index (χ1) is 4.88. The van der Waals surface area contributed by atoms with Crippen LogP contribution in [0.2, 0.25) is 0 Å². The number of aliphatic hydroxyl groups excluding tert-OH is 1. The summed E-state index contributed by atoms with van der Waals surface area (Å²) in [4.78, 5) is 4.11. The quantitative estimate of drug-likeness (QED) is 0.576. The molecule has 2 nitrogen and oxygen atoms in total. The molecule has 0 aromatic heterocycles. The number of rotatable bonds is 5. The molecule has 0 aromatic carbocycles. The minimum Gasteiger partial charge on any atom is -0.394 e. The standard InChI is InChI=1S/C8H15NO/c1-2-3-4-5-7-8(6-10)9-7/h8,10H,2-6H2,1H3. The van der Waals surface area contributed by atoms with Crippen LogP contribution in [0.3, 0.4) is 0 Å². The normalized spacial score (nSPS) is 22.6. The molecule has 1 atom stereocenters. The summed E-state index contributed by atoms with van der Waals surface area (Å²) in [5, 5.41) is 8.62. The van der Waals surface area contributed by atoms with Gasteiger partial charge < -0.3 is 5.11 Å². The van der Waals surface area contributed by atoms with Crippen molar-refractivity contribution in [3.05, 3.63) is 0 Å². The van der Waals surface area contributed by atoms with Gasteiger partial charge in [-0.2, -0.15) is 0 Å². The zero-order valence-corrected chi connectivity index (χ0v) is 6.51. The van der Waals surface area contributed by atoms with E-state index < -0.39 is 0 Å². The molecular formula is C8H15NO. The molecule has 0 aliphatic carbocycles. The fourth-order valence-electron chi connectivity index (χ4n) is 1.10. The van der Waals surface area contributed by atoms with Crippen molar-refractivity contribution in [3.63, 3.8) is 0 Å².